The van der Waals surface area contributed by atoms with Crippen LogP contribution in [0.5, 0.6) is 0 Å². The number of aromatic nitrogens is 2. The maximum Gasteiger partial charge on any atom is 0.0783 e. The van der Waals surface area contributed by atoms with Crippen LogP contribution >= 0.6 is 11.3 Å². The normalized spacial score (nSPS) is 13.7. The predicted octanol–water partition coefficient (Wildman–Crippen LogP) is 10.8. The summed E-state index contributed by atoms with van der Waals surface area (Å²) < 4.78 is 2.61. The molecule has 3 heteroatoms. The van der Waals surface area contributed by atoms with E-state index in [1.165, 1.54) is 75.3 Å². The van der Waals surface area contributed by atoms with E-state index in [0.29, 0.717) is 0 Å². The number of hydrogen-bond donors (Lipinski definition) is 0. The molecule has 0 radical (unpaired) electrons. The summed E-state index contributed by atoms with van der Waals surface area (Å²) in [6.45, 7) is 4.75. The molecule has 0 fully saturated rings. The number of nitrogens with zero attached hydrogens (tertiary/aromatic N) is 2. The smallest absolute Gasteiger partial charge is 0.0783 e. The lowest BCUT2D eigenvalue weighted by molar-refractivity contribution is 0.666. The molecule has 0 N–H and O–H groups in total. The van der Waals surface area contributed by atoms with Gasteiger partial charge in [0, 0.05) is 54.3 Å². The molecule has 1 aliphatic carbocycles. The van der Waals surface area contributed by atoms with E-state index >= 15 is 0 Å². The van der Waals surface area contributed by atoms with Crippen molar-refractivity contribution in [3.63, 3.8) is 0 Å². The van der Waals surface area contributed by atoms with E-state index in [0.717, 1.165) is 11.2 Å². The van der Waals surface area contributed by atoms with Crippen molar-refractivity contribution >= 4 is 53.2 Å². The van der Waals surface area contributed by atoms with Crippen molar-refractivity contribution < 1.29 is 0 Å². The van der Waals surface area contributed by atoms with E-state index < -0.39 is 0 Å². The maximum absolute atomic E-state index is 4.86. The van der Waals surface area contributed by atoms with Gasteiger partial charge in [-0.05, 0) is 63.0 Å². The molecule has 0 saturated carbocycles. The number of thiophene rings is 1. The predicted molar refractivity (Wildman–Crippen MR) is 178 cm³/mol. The lowest BCUT2D eigenvalue weighted by Crippen LogP contribution is -2.16. The number of fused-ring (bicyclic) bond motifs is 11. The van der Waals surface area contributed by atoms with E-state index in [1.54, 1.807) is 0 Å². The lowest BCUT2D eigenvalue weighted by Gasteiger charge is -2.24. The minimum absolute atomic E-state index is 0.161. The van der Waals surface area contributed by atoms with Crippen LogP contribution in [0.25, 0.3) is 75.4 Å². The largest absolute Gasteiger partial charge is 0.256 e. The molecule has 2 nitrogen and oxygen atoms in total. The minimum Gasteiger partial charge on any atom is -0.256 e. The van der Waals surface area contributed by atoms with Crippen molar-refractivity contribution in [1.29, 1.82) is 0 Å². The van der Waals surface area contributed by atoms with Gasteiger partial charge < -0.3 is 0 Å². The third-order valence-electron chi connectivity index (χ3n) is 9.14. The number of rotatable bonds is 2. The summed E-state index contributed by atoms with van der Waals surface area (Å²) in [4.78, 5) is 9.53. The van der Waals surface area contributed by atoms with Crippen LogP contribution in [0.4, 0.5) is 0 Å². The monoisotopic (exact) mass is 554 g/mol. The van der Waals surface area contributed by atoms with Gasteiger partial charge in [-0.2, -0.15) is 0 Å². The van der Waals surface area contributed by atoms with E-state index in [4.69, 9.17) is 4.98 Å². The molecular formula is C39H26N2S. The van der Waals surface area contributed by atoms with Crippen molar-refractivity contribution in [3.05, 3.63) is 133 Å². The fourth-order valence-corrected chi connectivity index (χ4v) is 8.64. The van der Waals surface area contributed by atoms with E-state index in [9.17, 15) is 0 Å². The Bertz CT molecular complexity index is 2380. The van der Waals surface area contributed by atoms with Gasteiger partial charge in [-0.1, -0.05) is 98.8 Å². The molecule has 0 saturated heterocycles. The van der Waals surface area contributed by atoms with Gasteiger partial charge in [0.25, 0.3) is 0 Å². The number of benzene rings is 5. The second kappa shape index (κ2) is 8.58. The second-order valence-corrected chi connectivity index (χ2v) is 12.8. The quantitative estimate of drug-likeness (QED) is 0.199. The fourth-order valence-electron chi connectivity index (χ4n) is 7.28. The molecule has 0 bridgehead atoms. The van der Waals surface area contributed by atoms with Crippen molar-refractivity contribution in [2.45, 2.75) is 19.3 Å². The number of pyridine rings is 2. The molecule has 0 unspecified atom stereocenters. The van der Waals surface area contributed by atoms with Gasteiger partial charge in [-0.3, -0.25) is 9.97 Å². The van der Waals surface area contributed by atoms with Gasteiger partial charge in [0.2, 0.25) is 0 Å². The molecule has 42 heavy (non-hydrogen) atoms. The Balaban J connectivity index is 1.29. The molecule has 3 heterocycles. The summed E-state index contributed by atoms with van der Waals surface area (Å²) in [5.41, 5.74) is 11.1. The Hall–Kier alpha value is -4.86. The Morgan fingerprint density at radius 2 is 1.24 bits per heavy atom. The zero-order valence-electron chi connectivity index (χ0n) is 23.3. The van der Waals surface area contributed by atoms with Gasteiger partial charge in [-0.25, -0.2) is 0 Å². The van der Waals surface area contributed by atoms with Gasteiger partial charge in [-0.15, -0.1) is 11.3 Å². The molecule has 0 atom stereocenters. The second-order valence-electron chi connectivity index (χ2n) is 11.8. The summed E-state index contributed by atoms with van der Waals surface area (Å²) in [6.07, 6.45) is 3.79. The molecule has 1 aliphatic rings. The summed E-state index contributed by atoms with van der Waals surface area (Å²) in [5, 5.41) is 6.35. The van der Waals surface area contributed by atoms with E-state index in [1.807, 2.05) is 29.8 Å². The van der Waals surface area contributed by atoms with Crippen LogP contribution in [0.1, 0.15) is 25.0 Å². The Morgan fingerprint density at radius 3 is 2.05 bits per heavy atom. The molecule has 0 aliphatic heterocycles. The molecule has 5 aromatic carbocycles. The zero-order chi connectivity index (χ0) is 28.0. The highest BCUT2D eigenvalue weighted by molar-refractivity contribution is 7.26. The first-order valence-electron chi connectivity index (χ1n) is 14.4. The Kier molecular flexibility index (Phi) is 4.86. The van der Waals surface area contributed by atoms with Gasteiger partial charge >= 0.3 is 0 Å². The van der Waals surface area contributed by atoms with E-state index in [-0.39, 0.29) is 5.41 Å². The molecule has 198 valence electrons. The zero-order valence-corrected chi connectivity index (χ0v) is 24.2. The molecule has 0 amide bonds. The van der Waals surface area contributed by atoms with Gasteiger partial charge in [0.15, 0.2) is 0 Å². The molecule has 9 rings (SSSR count). The van der Waals surface area contributed by atoms with Crippen LogP contribution in [-0.4, -0.2) is 9.97 Å². The Labute approximate surface area is 247 Å². The first-order valence-corrected chi connectivity index (χ1v) is 15.2. The van der Waals surface area contributed by atoms with Crippen LogP contribution in [-0.2, 0) is 5.41 Å². The van der Waals surface area contributed by atoms with Crippen LogP contribution in [0, 0.1) is 0 Å². The maximum atomic E-state index is 4.86. The van der Waals surface area contributed by atoms with Crippen LogP contribution in [0.15, 0.2) is 122 Å². The highest BCUT2D eigenvalue weighted by atomic mass is 32.1. The highest BCUT2D eigenvalue weighted by Gasteiger charge is 2.38. The molecular weight excluding hydrogens is 529 g/mol. The average molecular weight is 555 g/mol. The third-order valence-corrected chi connectivity index (χ3v) is 10.4. The summed E-state index contributed by atoms with van der Waals surface area (Å²) in [6, 6.07) is 39.7. The van der Waals surface area contributed by atoms with Crippen LogP contribution < -0.4 is 0 Å². The third kappa shape index (κ3) is 3.14. The lowest BCUT2D eigenvalue weighted by atomic mass is 9.79. The Morgan fingerprint density at radius 1 is 0.548 bits per heavy atom. The van der Waals surface area contributed by atoms with Crippen molar-refractivity contribution in [2.24, 2.45) is 0 Å². The first kappa shape index (κ1) is 23.8. The standard InChI is InChI=1S/C39H26N2S/c1-39(2)32-22-23(18-19-29(32)34-25-10-3-4-11-26(25)36-31(35(34)39)16-9-21-41-36)24-12-7-13-27-28-14-8-15-30(38(28)42-37(24)27)33-17-5-6-20-40-33/h3-22H,1-2H3. The van der Waals surface area contributed by atoms with Crippen molar-refractivity contribution in [3.8, 4) is 33.5 Å². The summed E-state index contributed by atoms with van der Waals surface area (Å²) >= 11 is 1.88. The van der Waals surface area contributed by atoms with E-state index in [2.05, 4.69) is 122 Å². The molecule has 0 spiro atoms. The van der Waals surface area contributed by atoms with Crippen LogP contribution in [0.3, 0.4) is 0 Å². The van der Waals surface area contributed by atoms with Gasteiger partial charge in [0.1, 0.15) is 0 Å². The number of hydrogen-bond acceptors (Lipinski definition) is 3. The fraction of sp³-hybridized carbons (Fsp3) is 0.0769. The first-order chi connectivity index (χ1) is 20.6. The topological polar surface area (TPSA) is 25.8 Å². The molecule has 3 aromatic heterocycles. The van der Waals surface area contributed by atoms with Crippen LogP contribution in [0.2, 0.25) is 0 Å². The van der Waals surface area contributed by atoms with Gasteiger partial charge in [0.05, 0.1) is 11.2 Å². The minimum atomic E-state index is -0.161. The van der Waals surface area contributed by atoms with Crippen molar-refractivity contribution in [1.82, 2.24) is 9.97 Å². The van der Waals surface area contributed by atoms with Crippen molar-refractivity contribution in [2.75, 3.05) is 0 Å². The highest BCUT2D eigenvalue weighted by Crippen LogP contribution is 2.55. The molecule has 8 aromatic rings. The average Bonchev–Trinajstić information content (AvgIpc) is 3.54. The summed E-state index contributed by atoms with van der Waals surface area (Å²) in [5.74, 6) is 0. The SMILES string of the molecule is CC1(C)c2cc(-c3cccc4c3sc3c(-c5ccccn5)cccc34)ccc2-c2c1c1cccnc1c1ccccc21. The summed E-state index contributed by atoms with van der Waals surface area (Å²) in [7, 11) is 0.